The Morgan fingerprint density at radius 2 is 1.21 bits per heavy atom. The molecule has 0 bridgehead atoms. The lowest BCUT2D eigenvalue weighted by Gasteiger charge is -2.48. The summed E-state index contributed by atoms with van der Waals surface area (Å²) in [5.74, 6) is 2.36. The van der Waals surface area contributed by atoms with Gasteiger partial charge in [-0.05, 0) is 99.1 Å². The maximum atomic E-state index is 6.96. The van der Waals surface area contributed by atoms with Gasteiger partial charge >= 0.3 is 0 Å². The predicted molar refractivity (Wildman–Crippen MR) is 249 cm³/mol. The van der Waals surface area contributed by atoms with Crippen LogP contribution in [0.15, 0.2) is 210 Å². The summed E-state index contributed by atoms with van der Waals surface area (Å²) in [6, 6.07) is 69.9. The molecule has 5 nitrogen and oxygen atoms in total. The average Bonchev–Trinajstić information content (AvgIpc) is 3.85. The highest BCUT2D eigenvalue weighted by molar-refractivity contribution is 7.99. The van der Waals surface area contributed by atoms with Crippen LogP contribution in [0.2, 0.25) is 0 Å². The molecule has 2 aliphatic rings. The first-order valence-electron chi connectivity index (χ1n) is 20.9. The summed E-state index contributed by atoms with van der Waals surface area (Å²) in [6.45, 7) is 0. The molecule has 3 aromatic heterocycles. The second kappa shape index (κ2) is 13.4. The number of ether oxygens (including phenoxy) is 1. The highest BCUT2D eigenvalue weighted by Crippen LogP contribution is 2.63. The number of para-hydroxylation sites is 2. The van der Waals surface area contributed by atoms with Crippen LogP contribution in [0.1, 0.15) is 22.3 Å². The Kier molecular flexibility index (Phi) is 7.60. The zero-order chi connectivity index (χ0) is 40.9. The molecule has 0 unspecified atom stereocenters. The molecule has 0 aliphatic carbocycles. The molecule has 11 aromatic rings. The molecule has 0 saturated heterocycles. The van der Waals surface area contributed by atoms with Gasteiger partial charge in [0, 0.05) is 32.8 Å². The summed E-state index contributed by atoms with van der Waals surface area (Å²) in [6.07, 6.45) is 5.58. The zero-order valence-corrected chi connectivity index (χ0v) is 34.5. The molecule has 0 saturated carbocycles. The number of rotatable bonds is 5. The van der Waals surface area contributed by atoms with Crippen LogP contribution in [-0.4, -0.2) is 14.1 Å². The maximum Gasteiger partial charge on any atom is 0.244 e. The Morgan fingerprint density at radius 1 is 0.565 bits per heavy atom. The number of nitrogens with zero attached hydrogens (tertiary/aromatic N) is 4. The molecule has 2 aliphatic heterocycles. The van der Waals surface area contributed by atoms with Gasteiger partial charge in [-0.2, -0.15) is 0 Å². The summed E-state index contributed by atoms with van der Waals surface area (Å²) in [4.78, 5) is 7.25. The SMILES string of the molecule is C[n+]1[c-]n2c3c(cccc31)C1(c3ccc(Oc4ccc5c6ccccc6n(-c6ccccn6)c5c4)cc3-2)c2c(cccc2-c2ccccc2)Sc2cccc(-c3ccccc3)c21. The first kappa shape index (κ1) is 35.1. The monoisotopic (exact) mass is 812 g/mol. The topological polar surface area (TPSA) is 35.9 Å². The fraction of sp³-hybridized carbons (Fsp3) is 0.0357. The van der Waals surface area contributed by atoms with Crippen molar-refractivity contribution in [3.63, 3.8) is 0 Å². The van der Waals surface area contributed by atoms with Crippen molar-refractivity contribution in [3.8, 4) is 45.3 Å². The molecule has 0 atom stereocenters. The molecule has 292 valence electrons. The normalized spacial score (nSPS) is 13.3. The van der Waals surface area contributed by atoms with Gasteiger partial charge in [-0.25, -0.2) is 4.98 Å². The number of aromatic nitrogens is 4. The van der Waals surface area contributed by atoms with Crippen molar-refractivity contribution in [2.24, 2.45) is 7.05 Å². The number of pyridine rings is 1. The van der Waals surface area contributed by atoms with Crippen molar-refractivity contribution < 1.29 is 9.30 Å². The Labute approximate surface area is 362 Å². The van der Waals surface area contributed by atoms with Crippen molar-refractivity contribution in [2.45, 2.75) is 15.2 Å². The van der Waals surface area contributed by atoms with Crippen molar-refractivity contribution >= 4 is 44.6 Å². The lowest BCUT2D eigenvalue weighted by atomic mass is 9.60. The standard InChI is InChI=1S/C56H36N4OS/c1-58-35-59-49-34-39(61-38-28-30-43-42-19-8-9-23-46(42)60(48(43)33-38)52-27-10-11-32-57-52)29-31-44(49)56(45-22-14-24-47(58)55(45)59)53-40(36-15-4-2-5-16-36)20-12-25-50(53)62-51-26-13-21-41(54(51)56)37-17-6-3-7-18-37/h2-34H,1H3. The van der Waals surface area contributed by atoms with Crippen LogP contribution >= 0.6 is 11.8 Å². The van der Waals surface area contributed by atoms with Crippen LogP contribution in [0.4, 0.5) is 0 Å². The molecule has 13 rings (SSSR count). The van der Waals surface area contributed by atoms with Crippen molar-refractivity contribution in [3.05, 3.63) is 229 Å². The Bertz CT molecular complexity index is 3500. The van der Waals surface area contributed by atoms with Gasteiger partial charge in [0.2, 0.25) is 6.33 Å². The summed E-state index contributed by atoms with van der Waals surface area (Å²) in [7, 11) is 2.10. The van der Waals surface area contributed by atoms with E-state index in [9.17, 15) is 0 Å². The number of hydrogen-bond acceptors (Lipinski definition) is 3. The van der Waals surface area contributed by atoms with Gasteiger partial charge in [0.05, 0.1) is 40.2 Å². The predicted octanol–water partition coefficient (Wildman–Crippen LogP) is 13.0. The first-order valence-corrected chi connectivity index (χ1v) is 21.7. The minimum Gasteiger partial charge on any atom is -0.458 e. The van der Waals surface area contributed by atoms with Gasteiger partial charge in [0.1, 0.15) is 17.3 Å². The summed E-state index contributed by atoms with van der Waals surface area (Å²) in [5, 5.41) is 2.32. The van der Waals surface area contributed by atoms with Crippen LogP contribution in [0.25, 0.3) is 66.6 Å². The molecule has 8 aromatic carbocycles. The maximum absolute atomic E-state index is 6.96. The smallest absolute Gasteiger partial charge is 0.244 e. The molecule has 0 N–H and O–H groups in total. The van der Waals surface area contributed by atoms with Crippen LogP contribution in [0.3, 0.4) is 0 Å². The van der Waals surface area contributed by atoms with Gasteiger partial charge in [-0.1, -0.05) is 145 Å². The van der Waals surface area contributed by atoms with Crippen LogP contribution in [-0.2, 0) is 12.5 Å². The van der Waals surface area contributed by atoms with Gasteiger partial charge in [0.25, 0.3) is 0 Å². The molecular weight excluding hydrogens is 777 g/mol. The van der Waals surface area contributed by atoms with Gasteiger partial charge in [0.15, 0.2) is 0 Å². The number of hydrogen-bond donors (Lipinski definition) is 0. The number of fused-ring (bicyclic) bond motifs is 11. The largest absolute Gasteiger partial charge is 0.458 e. The van der Waals surface area contributed by atoms with E-state index in [4.69, 9.17) is 9.72 Å². The van der Waals surface area contributed by atoms with Crippen molar-refractivity contribution in [1.82, 2.24) is 14.1 Å². The first-order chi connectivity index (χ1) is 30.7. The van der Waals surface area contributed by atoms with Gasteiger partial charge < -0.3 is 13.9 Å². The molecule has 62 heavy (non-hydrogen) atoms. The Hall–Kier alpha value is -7.67. The third-order valence-corrected chi connectivity index (χ3v) is 13.9. The molecule has 0 fully saturated rings. The second-order valence-corrected chi connectivity index (χ2v) is 17.2. The zero-order valence-electron chi connectivity index (χ0n) is 33.7. The molecule has 1 spiro atoms. The van der Waals surface area contributed by atoms with E-state index >= 15 is 0 Å². The lowest BCUT2D eigenvalue weighted by molar-refractivity contribution is -0.649. The van der Waals surface area contributed by atoms with E-state index in [1.165, 1.54) is 59.7 Å². The summed E-state index contributed by atoms with van der Waals surface area (Å²) in [5.41, 5.74) is 14.5. The summed E-state index contributed by atoms with van der Waals surface area (Å²) < 4.78 is 13.6. The minimum atomic E-state index is -0.722. The highest BCUT2D eigenvalue weighted by atomic mass is 32.2. The molecule has 5 heterocycles. The van der Waals surface area contributed by atoms with E-state index in [-0.39, 0.29) is 0 Å². The number of imidazole rings is 1. The van der Waals surface area contributed by atoms with Crippen LogP contribution < -0.4 is 9.30 Å². The highest BCUT2D eigenvalue weighted by Gasteiger charge is 2.51. The van der Waals surface area contributed by atoms with Crippen LogP contribution in [0, 0.1) is 6.33 Å². The Balaban J connectivity index is 1.09. The fourth-order valence-corrected chi connectivity index (χ4v) is 11.6. The van der Waals surface area contributed by atoms with Crippen LogP contribution in [0.5, 0.6) is 11.5 Å². The van der Waals surface area contributed by atoms with Crippen molar-refractivity contribution in [1.29, 1.82) is 0 Å². The second-order valence-electron chi connectivity index (χ2n) is 16.1. The minimum absolute atomic E-state index is 0.722. The van der Waals surface area contributed by atoms with E-state index in [2.05, 4.69) is 209 Å². The number of benzene rings is 8. The van der Waals surface area contributed by atoms with E-state index in [1.54, 1.807) is 0 Å². The summed E-state index contributed by atoms with van der Waals surface area (Å²) >= 11 is 1.87. The Morgan fingerprint density at radius 3 is 1.94 bits per heavy atom. The quantitative estimate of drug-likeness (QED) is 0.128. The molecular formula is C56H36N4OS. The van der Waals surface area contributed by atoms with E-state index in [0.717, 1.165) is 50.5 Å². The third kappa shape index (κ3) is 4.92. The molecule has 0 amide bonds. The average molecular weight is 813 g/mol. The van der Waals surface area contributed by atoms with E-state index in [0.29, 0.717) is 0 Å². The van der Waals surface area contributed by atoms with Crippen molar-refractivity contribution in [2.75, 3.05) is 0 Å². The lowest BCUT2D eigenvalue weighted by Crippen LogP contribution is -2.39. The molecule has 6 heteroatoms. The van der Waals surface area contributed by atoms with E-state index in [1.807, 2.05) is 30.1 Å². The molecule has 0 radical (unpaired) electrons. The fourth-order valence-electron chi connectivity index (χ4n) is 10.4. The number of aryl methyl sites for hydroxylation is 1. The van der Waals surface area contributed by atoms with E-state index < -0.39 is 5.41 Å². The van der Waals surface area contributed by atoms with Gasteiger partial charge in [-0.15, -0.1) is 0 Å². The van der Waals surface area contributed by atoms with Gasteiger partial charge in [-0.3, -0.25) is 4.57 Å². The third-order valence-electron chi connectivity index (χ3n) is 12.8.